The quantitative estimate of drug-likeness (QED) is 0.479. The molecule has 0 fully saturated rings. The molecule has 26 heavy (non-hydrogen) atoms. The molecule has 0 saturated carbocycles. The summed E-state index contributed by atoms with van der Waals surface area (Å²) in [5.41, 5.74) is 0.853. The van der Waals surface area contributed by atoms with Gasteiger partial charge in [-0.1, -0.05) is 36.0 Å². The molecule has 0 aliphatic rings. The lowest BCUT2D eigenvalue weighted by molar-refractivity contribution is 0.0464. The van der Waals surface area contributed by atoms with Crippen molar-refractivity contribution in [1.82, 2.24) is 0 Å². The van der Waals surface area contributed by atoms with Gasteiger partial charge in [0.15, 0.2) is 12.4 Å². The van der Waals surface area contributed by atoms with Crippen molar-refractivity contribution in [3.63, 3.8) is 0 Å². The van der Waals surface area contributed by atoms with Gasteiger partial charge in [-0.15, -0.1) is 0 Å². The van der Waals surface area contributed by atoms with Gasteiger partial charge in [0.2, 0.25) is 5.78 Å². The summed E-state index contributed by atoms with van der Waals surface area (Å²) in [6.45, 7) is -0.403. The van der Waals surface area contributed by atoms with Gasteiger partial charge in [-0.05, 0) is 36.4 Å². The Labute approximate surface area is 154 Å². The number of carbonyl (C=O) groups excluding carboxylic acids is 2. The maximum atomic E-state index is 12.4. The van der Waals surface area contributed by atoms with Crippen molar-refractivity contribution in [2.75, 3.05) is 6.61 Å². The van der Waals surface area contributed by atoms with Crippen molar-refractivity contribution < 1.29 is 18.7 Å². The van der Waals surface area contributed by atoms with E-state index in [2.05, 4.69) is 6.07 Å². The van der Waals surface area contributed by atoms with Crippen LogP contribution in [-0.2, 0) is 4.74 Å². The van der Waals surface area contributed by atoms with Crippen molar-refractivity contribution >= 4 is 23.5 Å². The predicted molar refractivity (Wildman–Crippen MR) is 95.0 cm³/mol. The molecular weight excluding hydrogens is 350 g/mol. The van der Waals surface area contributed by atoms with E-state index in [-0.39, 0.29) is 5.76 Å². The molecule has 3 rings (SSSR count). The van der Waals surface area contributed by atoms with Crippen LogP contribution in [0.4, 0.5) is 0 Å². The summed E-state index contributed by atoms with van der Waals surface area (Å²) in [5, 5.41) is 9.21. The Hall–Kier alpha value is -3.30. The third-order valence-electron chi connectivity index (χ3n) is 3.46. The molecule has 0 N–H and O–H groups in total. The standard InChI is InChI=1S/C20H13NO4S/c21-12-14-6-1-3-9-18(14)26-19-10-4-2-7-15(19)20(23)25-13-16(22)17-8-5-11-24-17/h1-11H,13H2. The summed E-state index contributed by atoms with van der Waals surface area (Å²) >= 11 is 1.30. The van der Waals surface area contributed by atoms with Crippen molar-refractivity contribution in [2.45, 2.75) is 9.79 Å². The summed E-state index contributed by atoms with van der Waals surface area (Å²) in [7, 11) is 0. The zero-order valence-electron chi connectivity index (χ0n) is 13.5. The van der Waals surface area contributed by atoms with Crippen LogP contribution in [0.3, 0.4) is 0 Å². The monoisotopic (exact) mass is 363 g/mol. The normalized spacial score (nSPS) is 10.1. The predicted octanol–water partition coefficient (Wildman–Crippen LogP) is 4.34. The smallest absolute Gasteiger partial charge is 0.339 e. The first-order chi connectivity index (χ1) is 12.7. The third kappa shape index (κ3) is 4.02. The number of esters is 1. The van der Waals surface area contributed by atoms with E-state index in [9.17, 15) is 14.9 Å². The van der Waals surface area contributed by atoms with Crippen molar-refractivity contribution in [1.29, 1.82) is 5.26 Å². The number of carbonyl (C=O) groups is 2. The number of ketones is 1. The van der Waals surface area contributed by atoms with Crippen LogP contribution in [0.2, 0.25) is 0 Å². The Bertz CT molecular complexity index is 973. The second kappa shape index (κ2) is 8.19. The molecule has 1 heterocycles. The van der Waals surface area contributed by atoms with E-state index in [4.69, 9.17) is 9.15 Å². The highest BCUT2D eigenvalue weighted by Gasteiger charge is 2.17. The lowest BCUT2D eigenvalue weighted by atomic mass is 10.2. The fourth-order valence-corrected chi connectivity index (χ4v) is 3.22. The second-order valence-electron chi connectivity index (χ2n) is 5.18. The number of hydrogen-bond donors (Lipinski definition) is 0. The molecule has 0 saturated heterocycles. The average molecular weight is 363 g/mol. The van der Waals surface area contributed by atoms with Gasteiger partial charge in [0.05, 0.1) is 17.4 Å². The minimum atomic E-state index is -0.609. The van der Waals surface area contributed by atoms with E-state index in [0.717, 1.165) is 4.90 Å². The fourth-order valence-electron chi connectivity index (χ4n) is 2.21. The molecule has 0 radical (unpaired) electrons. The van der Waals surface area contributed by atoms with Crippen LogP contribution in [0.15, 0.2) is 81.1 Å². The fraction of sp³-hybridized carbons (Fsp3) is 0.0500. The third-order valence-corrected chi connectivity index (χ3v) is 4.62. The second-order valence-corrected chi connectivity index (χ2v) is 6.27. The first-order valence-corrected chi connectivity index (χ1v) is 8.50. The van der Waals surface area contributed by atoms with Crippen LogP contribution in [0.25, 0.3) is 0 Å². The average Bonchev–Trinajstić information content (AvgIpc) is 3.21. The first kappa shape index (κ1) is 17.5. The molecule has 0 bridgehead atoms. The van der Waals surface area contributed by atoms with Crippen LogP contribution in [0.1, 0.15) is 26.5 Å². The van der Waals surface area contributed by atoms with E-state index < -0.39 is 18.4 Å². The van der Waals surface area contributed by atoms with Gasteiger partial charge in [0, 0.05) is 9.79 Å². The van der Waals surface area contributed by atoms with Gasteiger partial charge in [-0.2, -0.15) is 5.26 Å². The lowest BCUT2D eigenvalue weighted by Crippen LogP contribution is -2.14. The molecule has 6 heteroatoms. The molecule has 0 amide bonds. The maximum Gasteiger partial charge on any atom is 0.339 e. The van der Waals surface area contributed by atoms with Gasteiger partial charge in [-0.25, -0.2) is 4.79 Å². The summed E-state index contributed by atoms with van der Waals surface area (Å²) in [4.78, 5) is 25.7. The molecule has 128 valence electrons. The lowest BCUT2D eigenvalue weighted by Gasteiger charge is -2.09. The summed E-state index contributed by atoms with van der Waals surface area (Å²) in [6.07, 6.45) is 1.38. The van der Waals surface area contributed by atoms with Gasteiger partial charge in [0.1, 0.15) is 6.07 Å². The Morgan fingerprint density at radius 3 is 2.46 bits per heavy atom. The largest absolute Gasteiger partial charge is 0.461 e. The van der Waals surface area contributed by atoms with E-state index in [1.807, 2.05) is 12.1 Å². The van der Waals surface area contributed by atoms with Crippen LogP contribution in [0, 0.1) is 11.3 Å². The summed E-state index contributed by atoms with van der Waals surface area (Å²) in [6, 6.07) is 19.3. The van der Waals surface area contributed by atoms with Crippen LogP contribution >= 0.6 is 11.8 Å². The molecule has 0 atom stereocenters. The Morgan fingerprint density at radius 2 is 1.73 bits per heavy atom. The highest BCUT2D eigenvalue weighted by Crippen LogP contribution is 2.32. The van der Waals surface area contributed by atoms with Crippen molar-refractivity contribution in [2.24, 2.45) is 0 Å². The van der Waals surface area contributed by atoms with Crippen molar-refractivity contribution in [3.8, 4) is 6.07 Å². The molecule has 0 unspecified atom stereocenters. The van der Waals surface area contributed by atoms with Crippen LogP contribution in [0.5, 0.6) is 0 Å². The number of Topliss-reactive ketones (excluding diaryl/α,β-unsaturated/α-hetero) is 1. The number of nitriles is 1. The Balaban J connectivity index is 1.75. The maximum absolute atomic E-state index is 12.4. The minimum Gasteiger partial charge on any atom is -0.461 e. The van der Waals surface area contributed by atoms with Crippen LogP contribution < -0.4 is 0 Å². The number of ether oxygens (including phenoxy) is 1. The van der Waals surface area contributed by atoms with E-state index >= 15 is 0 Å². The van der Waals surface area contributed by atoms with Gasteiger partial charge < -0.3 is 9.15 Å². The topological polar surface area (TPSA) is 80.3 Å². The zero-order chi connectivity index (χ0) is 18.4. The summed E-state index contributed by atoms with van der Waals surface area (Å²) in [5.74, 6) is -0.880. The number of furan rings is 1. The Kier molecular flexibility index (Phi) is 5.52. The van der Waals surface area contributed by atoms with Crippen LogP contribution in [-0.4, -0.2) is 18.4 Å². The molecule has 0 aliphatic carbocycles. The number of nitrogens with zero attached hydrogens (tertiary/aromatic N) is 1. The SMILES string of the molecule is N#Cc1ccccc1Sc1ccccc1C(=O)OCC(=O)c1ccco1. The van der Waals surface area contributed by atoms with E-state index in [0.29, 0.717) is 16.0 Å². The van der Waals surface area contributed by atoms with Gasteiger partial charge in [-0.3, -0.25) is 4.79 Å². The Morgan fingerprint density at radius 1 is 1.00 bits per heavy atom. The molecule has 0 spiro atoms. The van der Waals surface area contributed by atoms with Crippen molar-refractivity contribution in [3.05, 3.63) is 83.8 Å². The first-order valence-electron chi connectivity index (χ1n) is 7.69. The zero-order valence-corrected chi connectivity index (χ0v) is 14.4. The highest BCUT2D eigenvalue weighted by molar-refractivity contribution is 7.99. The molecule has 1 aromatic heterocycles. The molecule has 5 nitrogen and oxygen atoms in total. The summed E-state index contributed by atoms with van der Waals surface area (Å²) < 4.78 is 10.1. The molecule has 3 aromatic rings. The number of hydrogen-bond acceptors (Lipinski definition) is 6. The molecular formula is C20H13NO4S. The van der Waals surface area contributed by atoms with Gasteiger partial charge >= 0.3 is 5.97 Å². The molecule has 0 aliphatic heterocycles. The van der Waals surface area contributed by atoms with Gasteiger partial charge in [0.25, 0.3) is 0 Å². The molecule has 2 aromatic carbocycles. The highest BCUT2D eigenvalue weighted by atomic mass is 32.2. The minimum absolute atomic E-state index is 0.142. The number of benzene rings is 2. The number of rotatable bonds is 6. The van der Waals surface area contributed by atoms with E-state index in [1.54, 1.807) is 42.5 Å². The van der Waals surface area contributed by atoms with E-state index in [1.165, 1.54) is 24.1 Å².